The largest absolute Gasteiger partial charge is 0.482 e. The van der Waals surface area contributed by atoms with Crippen molar-refractivity contribution >= 4 is 7.69 Å². The van der Waals surface area contributed by atoms with E-state index in [2.05, 4.69) is 4.98 Å². The summed E-state index contributed by atoms with van der Waals surface area (Å²) in [7, 11) is 0. The zero-order valence-corrected chi connectivity index (χ0v) is 5.68. The van der Waals surface area contributed by atoms with Crippen LogP contribution in [-0.2, 0) is 0 Å². The zero-order valence-electron chi connectivity index (χ0n) is 5.68. The summed E-state index contributed by atoms with van der Waals surface area (Å²) in [5, 5.41) is 22.2. The number of rotatable bonds is 0. The van der Waals surface area contributed by atoms with Gasteiger partial charge in [-0.3, -0.25) is 0 Å². The van der Waals surface area contributed by atoms with E-state index in [1.165, 1.54) is 0 Å². The van der Waals surface area contributed by atoms with E-state index in [1.807, 2.05) is 6.07 Å². The van der Waals surface area contributed by atoms with Crippen LogP contribution < -0.4 is 0 Å². The number of hydrogen-bond acceptors (Lipinski definition) is 4. The van der Waals surface area contributed by atoms with Gasteiger partial charge in [-0.25, -0.2) is 4.98 Å². The van der Waals surface area contributed by atoms with Gasteiger partial charge in [-0.1, -0.05) is 6.07 Å². The molecule has 55 valence electrons. The molecule has 1 aromatic heterocycles. The molecule has 0 aliphatic rings. The van der Waals surface area contributed by atoms with E-state index in [0.717, 1.165) is 0 Å². The zero-order chi connectivity index (χ0) is 8.53. The fraction of sp³-hybridized carbons (Fsp3) is 0. The summed E-state index contributed by atoms with van der Waals surface area (Å²) in [6.45, 7) is 0. The molecular formula is C6H6BN2O2. The Balaban J connectivity index is 0.000000292. The SMILES string of the molecule is N#Cc1ccccn1.O[B]O. The summed E-state index contributed by atoms with van der Waals surface area (Å²) in [6, 6.07) is 7.14. The van der Waals surface area contributed by atoms with Crippen LogP contribution in [0.25, 0.3) is 0 Å². The number of aromatic nitrogens is 1. The molecule has 1 aromatic rings. The van der Waals surface area contributed by atoms with Crippen molar-refractivity contribution in [2.75, 3.05) is 0 Å². The highest BCUT2D eigenvalue weighted by molar-refractivity contribution is 6.13. The lowest BCUT2D eigenvalue weighted by molar-refractivity contribution is 0.448. The molecule has 1 rings (SSSR count). The van der Waals surface area contributed by atoms with Crippen molar-refractivity contribution in [2.24, 2.45) is 0 Å². The van der Waals surface area contributed by atoms with Crippen LogP contribution >= 0.6 is 0 Å². The van der Waals surface area contributed by atoms with E-state index in [-0.39, 0.29) is 7.69 Å². The van der Waals surface area contributed by atoms with Crippen LogP contribution in [0.4, 0.5) is 0 Å². The Morgan fingerprint density at radius 2 is 2.09 bits per heavy atom. The third-order valence-electron chi connectivity index (χ3n) is 0.779. The first-order valence-corrected chi connectivity index (χ1v) is 2.76. The minimum Gasteiger partial charge on any atom is -0.429 e. The highest BCUT2D eigenvalue weighted by Crippen LogP contribution is 1.86. The first-order chi connectivity index (χ1) is 5.35. The molecule has 0 aliphatic heterocycles. The van der Waals surface area contributed by atoms with Crippen LogP contribution in [0.3, 0.4) is 0 Å². The molecule has 2 N–H and O–H groups in total. The van der Waals surface area contributed by atoms with E-state index >= 15 is 0 Å². The van der Waals surface area contributed by atoms with Crippen LogP contribution in [0.5, 0.6) is 0 Å². The molecule has 0 amide bonds. The van der Waals surface area contributed by atoms with Gasteiger partial charge in [-0.05, 0) is 12.1 Å². The summed E-state index contributed by atoms with van der Waals surface area (Å²) in [5.74, 6) is 0. The summed E-state index contributed by atoms with van der Waals surface area (Å²) in [5.41, 5.74) is 0.465. The van der Waals surface area contributed by atoms with E-state index in [1.54, 1.807) is 24.4 Å². The maximum absolute atomic E-state index is 8.23. The molecular weight excluding hydrogens is 143 g/mol. The van der Waals surface area contributed by atoms with Gasteiger partial charge >= 0.3 is 7.69 Å². The molecule has 0 aliphatic carbocycles. The molecule has 1 heterocycles. The van der Waals surface area contributed by atoms with Gasteiger partial charge in [-0.2, -0.15) is 5.26 Å². The van der Waals surface area contributed by atoms with Crippen LogP contribution in [0.15, 0.2) is 24.4 Å². The topological polar surface area (TPSA) is 77.1 Å². The highest BCUT2D eigenvalue weighted by atomic mass is 16.4. The van der Waals surface area contributed by atoms with Crippen LogP contribution in [0.2, 0.25) is 0 Å². The quantitative estimate of drug-likeness (QED) is 0.485. The fourth-order valence-corrected chi connectivity index (χ4v) is 0.429. The Hall–Kier alpha value is -1.38. The molecule has 1 radical (unpaired) electrons. The van der Waals surface area contributed by atoms with Gasteiger partial charge in [0.25, 0.3) is 0 Å². The van der Waals surface area contributed by atoms with Gasteiger partial charge < -0.3 is 10.0 Å². The predicted octanol–water partition coefficient (Wildman–Crippen LogP) is -0.542. The maximum atomic E-state index is 8.23. The minimum atomic E-state index is 0. The van der Waals surface area contributed by atoms with E-state index in [9.17, 15) is 0 Å². The van der Waals surface area contributed by atoms with Crippen molar-refractivity contribution < 1.29 is 10.0 Å². The smallest absolute Gasteiger partial charge is 0.429 e. The third-order valence-corrected chi connectivity index (χ3v) is 0.779. The molecule has 0 saturated carbocycles. The maximum Gasteiger partial charge on any atom is 0.482 e. The van der Waals surface area contributed by atoms with Crippen LogP contribution in [0.1, 0.15) is 5.69 Å². The molecule has 0 unspecified atom stereocenters. The molecule has 4 nitrogen and oxygen atoms in total. The second kappa shape index (κ2) is 6.74. The Morgan fingerprint density at radius 1 is 1.45 bits per heavy atom. The second-order valence-electron chi connectivity index (χ2n) is 1.44. The van der Waals surface area contributed by atoms with Crippen molar-refractivity contribution in [1.82, 2.24) is 4.98 Å². The van der Waals surface area contributed by atoms with Crippen molar-refractivity contribution in [2.45, 2.75) is 0 Å². The minimum absolute atomic E-state index is 0. The lowest BCUT2D eigenvalue weighted by Crippen LogP contribution is -1.75. The van der Waals surface area contributed by atoms with Crippen LogP contribution in [0, 0.1) is 11.3 Å². The number of pyridine rings is 1. The fourth-order valence-electron chi connectivity index (χ4n) is 0.429. The Morgan fingerprint density at radius 3 is 2.36 bits per heavy atom. The molecule has 0 saturated heterocycles. The molecule has 0 bridgehead atoms. The normalized spacial score (nSPS) is 7.00. The molecule has 0 atom stereocenters. The first kappa shape index (κ1) is 9.62. The summed E-state index contributed by atoms with van der Waals surface area (Å²) in [6.07, 6.45) is 1.60. The predicted molar refractivity (Wildman–Crippen MR) is 39.1 cm³/mol. The second-order valence-corrected chi connectivity index (χ2v) is 1.44. The Bertz CT molecular complexity index is 222. The van der Waals surface area contributed by atoms with Crippen molar-refractivity contribution in [3.8, 4) is 6.07 Å². The van der Waals surface area contributed by atoms with Gasteiger partial charge in [0.15, 0.2) is 0 Å². The van der Waals surface area contributed by atoms with E-state index < -0.39 is 0 Å². The van der Waals surface area contributed by atoms with E-state index in [0.29, 0.717) is 5.69 Å². The van der Waals surface area contributed by atoms with Gasteiger partial charge in [0.2, 0.25) is 0 Å². The van der Waals surface area contributed by atoms with Crippen molar-refractivity contribution in [1.29, 1.82) is 5.26 Å². The van der Waals surface area contributed by atoms with Crippen LogP contribution in [-0.4, -0.2) is 22.7 Å². The molecule has 5 heteroatoms. The highest BCUT2D eigenvalue weighted by Gasteiger charge is 1.81. The molecule has 0 spiro atoms. The lowest BCUT2D eigenvalue weighted by atomic mass is 10.4. The van der Waals surface area contributed by atoms with Crippen molar-refractivity contribution in [3.63, 3.8) is 0 Å². The summed E-state index contributed by atoms with van der Waals surface area (Å²) < 4.78 is 0. The van der Waals surface area contributed by atoms with Gasteiger partial charge in [0.1, 0.15) is 11.8 Å². The molecule has 0 fully saturated rings. The monoisotopic (exact) mass is 149 g/mol. The van der Waals surface area contributed by atoms with E-state index in [4.69, 9.17) is 15.3 Å². The average molecular weight is 149 g/mol. The van der Waals surface area contributed by atoms with Gasteiger partial charge in [0.05, 0.1) is 0 Å². The molecule has 0 aromatic carbocycles. The third kappa shape index (κ3) is 5.09. The number of nitrogens with zero attached hydrogens (tertiary/aromatic N) is 2. The Labute approximate surface area is 65.1 Å². The lowest BCUT2D eigenvalue weighted by Gasteiger charge is -1.79. The summed E-state index contributed by atoms with van der Waals surface area (Å²) >= 11 is 0. The van der Waals surface area contributed by atoms with Gasteiger partial charge in [0, 0.05) is 6.20 Å². The summed E-state index contributed by atoms with van der Waals surface area (Å²) in [4.78, 5) is 3.74. The average Bonchev–Trinajstić information content (AvgIpc) is 2.08. The molecule has 11 heavy (non-hydrogen) atoms. The van der Waals surface area contributed by atoms with Crippen molar-refractivity contribution in [3.05, 3.63) is 30.1 Å². The Kier molecular flexibility index (Phi) is 5.90. The standard InChI is InChI=1S/C6H4N2.BH2O2/c7-5-6-3-1-2-4-8-6;2-1-3/h1-4H;2-3H. The first-order valence-electron chi connectivity index (χ1n) is 2.76. The van der Waals surface area contributed by atoms with Gasteiger partial charge in [-0.15, -0.1) is 0 Å². The number of nitriles is 1. The number of hydrogen-bond donors (Lipinski definition) is 2.